The van der Waals surface area contributed by atoms with Crippen molar-refractivity contribution < 1.29 is 19.3 Å². The molecule has 1 heterocycles. The van der Waals surface area contributed by atoms with Gasteiger partial charge in [0.15, 0.2) is 17.8 Å². The number of hydrogen-bond acceptors (Lipinski definition) is 4. The summed E-state index contributed by atoms with van der Waals surface area (Å²) in [6.45, 7) is 2.84. The number of phenols is 1. The van der Waals surface area contributed by atoms with Crippen LogP contribution in [0, 0.1) is 0 Å². The fourth-order valence-corrected chi connectivity index (χ4v) is 1.81. The maximum atomic E-state index is 9.58. The van der Waals surface area contributed by atoms with Crippen LogP contribution in [0.5, 0.6) is 11.5 Å². The van der Waals surface area contributed by atoms with Crippen LogP contribution < -0.4 is 4.74 Å². The van der Waals surface area contributed by atoms with E-state index in [1.165, 1.54) is 0 Å². The second kappa shape index (κ2) is 5.58. The van der Waals surface area contributed by atoms with E-state index < -0.39 is 6.29 Å². The predicted octanol–water partition coefficient (Wildman–Crippen LogP) is 2.44. The largest absolute Gasteiger partial charge is 0.504 e. The first-order valence-electron chi connectivity index (χ1n) is 5.53. The zero-order valence-electron chi connectivity index (χ0n) is 9.56. The Bertz CT molecular complexity index is 383. The third-order valence-electron chi connectivity index (χ3n) is 2.48. The van der Waals surface area contributed by atoms with E-state index in [9.17, 15) is 5.11 Å². The number of phenolic OH excluding ortho intramolecular Hbond substituents is 1. The highest BCUT2D eigenvalue weighted by Crippen LogP contribution is 2.33. The summed E-state index contributed by atoms with van der Waals surface area (Å²) in [5, 5.41) is 9.58. The Hall–Kier alpha value is -0.970. The molecule has 1 saturated heterocycles. The van der Waals surface area contributed by atoms with Crippen LogP contribution >= 0.6 is 11.6 Å². The third kappa shape index (κ3) is 2.83. The van der Waals surface area contributed by atoms with Crippen molar-refractivity contribution in [2.45, 2.75) is 19.3 Å². The maximum absolute atomic E-state index is 9.58. The summed E-state index contributed by atoms with van der Waals surface area (Å²) >= 11 is 5.70. The zero-order valence-corrected chi connectivity index (χ0v) is 10.3. The summed E-state index contributed by atoms with van der Waals surface area (Å²) in [5.41, 5.74) is 0.818. The molecule has 2 rings (SSSR count). The van der Waals surface area contributed by atoms with Crippen molar-refractivity contribution in [1.29, 1.82) is 0 Å². The van der Waals surface area contributed by atoms with Crippen LogP contribution in [-0.2, 0) is 9.47 Å². The molecule has 0 radical (unpaired) electrons. The number of halogens is 1. The van der Waals surface area contributed by atoms with Gasteiger partial charge in [-0.05, 0) is 19.1 Å². The van der Waals surface area contributed by atoms with Gasteiger partial charge < -0.3 is 19.3 Å². The second-order valence-corrected chi connectivity index (χ2v) is 4.05. The number of aromatic hydroxyl groups is 1. The first-order valence-corrected chi connectivity index (χ1v) is 6.06. The molecule has 1 aromatic carbocycles. The fraction of sp³-hybridized carbons (Fsp3) is 0.500. The minimum atomic E-state index is -0.432. The molecule has 0 bridgehead atoms. The Morgan fingerprint density at radius 2 is 2.35 bits per heavy atom. The molecule has 5 heteroatoms. The Morgan fingerprint density at radius 3 is 3.00 bits per heavy atom. The molecule has 1 aliphatic heterocycles. The lowest BCUT2D eigenvalue weighted by Gasteiger charge is -2.13. The molecule has 0 amide bonds. The fourth-order valence-electron chi connectivity index (χ4n) is 1.65. The molecule has 0 aliphatic carbocycles. The van der Waals surface area contributed by atoms with Gasteiger partial charge in [0.05, 0.1) is 25.2 Å². The number of hydrogen-bond donors (Lipinski definition) is 1. The van der Waals surface area contributed by atoms with E-state index in [1.807, 2.05) is 6.92 Å². The van der Waals surface area contributed by atoms with E-state index in [2.05, 4.69) is 0 Å². The summed E-state index contributed by atoms with van der Waals surface area (Å²) in [6, 6.07) is 5.04. The highest BCUT2D eigenvalue weighted by Gasteiger charge is 2.27. The minimum absolute atomic E-state index is 0.0778. The zero-order chi connectivity index (χ0) is 12.3. The van der Waals surface area contributed by atoms with Crippen molar-refractivity contribution in [3.05, 3.63) is 23.8 Å². The molecule has 94 valence electrons. The normalized spacial score (nSPS) is 23.9. The van der Waals surface area contributed by atoms with E-state index in [0.29, 0.717) is 24.8 Å². The molecule has 2 unspecified atom stereocenters. The van der Waals surface area contributed by atoms with Crippen molar-refractivity contribution >= 4 is 11.6 Å². The van der Waals surface area contributed by atoms with Crippen LogP contribution in [-0.4, -0.2) is 30.3 Å². The smallest absolute Gasteiger partial charge is 0.184 e. The number of ether oxygens (including phenoxy) is 3. The van der Waals surface area contributed by atoms with Gasteiger partial charge >= 0.3 is 0 Å². The molecule has 17 heavy (non-hydrogen) atoms. The van der Waals surface area contributed by atoms with Crippen molar-refractivity contribution in [1.82, 2.24) is 0 Å². The molecule has 1 fully saturated rings. The van der Waals surface area contributed by atoms with Gasteiger partial charge in [-0.1, -0.05) is 6.07 Å². The van der Waals surface area contributed by atoms with Gasteiger partial charge in [0.2, 0.25) is 0 Å². The maximum Gasteiger partial charge on any atom is 0.184 e. The summed E-state index contributed by atoms with van der Waals surface area (Å²) in [7, 11) is 0. The summed E-state index contributed by atoms with van der Waals surface area (Å²) in [4.78, 5) is 0. The van der Waals surface area contributed by atoms with Crippen molar-refractivity contribution in [2.75, 3.05) is 19.1 Å². The summed E-state index contributed by atoms with van der Waals surface area (Å²) < 4.78 is 16.4. The minimum Gasteiger partial charge on any atom is -0.504 e. The van der Waals surface area contributed by atoms with Crippen LogP contribution in [0.3, 0.4) is 0 Å². The monoisotopic (exact) mass is 258 g/mol. The van der Waals surface area contributed by atoms with Gasteiger partial charge in [0.25, 0.3) is 0 Å². The Kier molecular flexibility index (Phi) is 4.10. The predicted molar refractivity (Wildman–Crippen MR) is 63.6 cm³/mol. The molecule has 4 nitrogen and oxygen atoms in total. The van der Waals surface area contributed by atoms with Crippen LogP contribution in [0.2, 0.25) is 0 Å². The molecule has 2 atom stereocenters. The number of alkyl halides is 1. The molecule has 0 aromatic heterocycles. The SMILES string of the molecule is CCOc1cc(C2OCC(CCl)O2)ccc1O. The van der Waals surface area contributed by atoms with Crippen LogP contribution in [0.15, 0.2) is 18.2 Å². The van der Waals surface area contributed by atoms with Crippen molar-refractivity contribution in [3.8, 4) is 11.5 Å². The number of benzene rings is 1. The molecular formula is C12H15ClO4. The van der Waals surface area contributed by atoms with E-state index in [4.69, 9.17) is 25.8 Å². The van der Waals surface area contributed by atoms with Gasteiger partial charge in [0.1, 0.15) is 0 Å². The second-order valence-electron chi connectivity index (χ2n) is 3.74. The van der Waals surface area contributed by atoms with Gasteiger partial charge in [-0.25, -0.2) is 0 Å². The number of rotatable bonds is 4. The Morgan fingerprint density at radius 1 is 1.53 bits per heavy atom. The van der Waals surface area contributed by atoms with E-state index in [1.54, 1.807) is 18.2 Å². The average molecular weight is 259 g/mol. The van der Waals surface area contributed by atoms with Crippen LogP contribution in [0.1, 0.15) is 18.8 Å². The topological polar surface area (TPSA) is 47.9 Å². The molecule has 1 aromatic rings. The Balaban J connectivity index is 2.13. The highest BCUT2D eigenvalue weighted by atomic mass is 35.5. The van der Waals surface area contributed by atoms with Gasteiger partial charge in [0, 0.05) is 5.56 Å². The lowest BCUT2D eigenvalue weighted by molar-refractivity contribution is -0.0568. The van der Waals surface area contributed by atoms with Crippen molar-refractivity contribution in [2.24, 2.45) is 0 Å². The van der Waals surface area contributed by atoms with Crippen molar-refractivity contribution in [3.63, 3.8) is 0 Å². The van der Waals surface area contributed by atoms with Gasteiger partial charge in [-0.2, -0.15) is 0 Å². The standard InChI is InChI=1S/C12H15ClO4/c1-2-15-11-5-8(3-4-10(11)14)12-16-7-9(6-13)17-12/h3-5,9,12,14H,2,6-7H2,1H3. The third-order valence-corrected chi connectivity index (χ3v) is 2.82. The highest BCUT2D eigenvalue weighted by molar-refractivity contribution is 6.18. The first kappa shape index (κ1) is 12.5. The quantitative estimate of drug-likeness (QED) is 0.843. The van der Waals surface area contributed by atoms with Gasteiger partial charge in [-0.15, -0.1) is 11.6 Å². The lowest BCUT2D eigenvalue weighted by Crippen LogP contribution is -2.10. The summed E-state index contributed by atoms with van der Waals surface area (Å²) in [5.74, 6) is 0.960. The lowest BCUT2D eigenvalue weighted by atomic mass is 10.2. The molecule has 1 aliphatic rings. The van der Waals surface area contributed by atoms with Crippen LogP contribution in [0.25, 0.3) is 0 Å². The summed E-state index contributed by atoms with van der Waals surface area (Å²) in [6.07, 6.45) is -0.510. The molecule has 1 N–H and O–H groups in total. The van der Waals surface area contributed by atoms with Crippen LogP contribution in [0.4, 0.5) is 0 Å². The first-order chi connectivity index (χ1) is 8.24. The van der Waals surface area contributed by atoms with E-state index in [-0.39, 0.29) is 11.9 Å². The van der Waals surface area contributed by atoms with E-state index >= 15 is 0 Å². The van der Waals surface area contributed by atoms with E-state index in [0.717, 1.165) is 5.56 Å². The molecular weight excluding hydrogens is 244 g/mol. The van der Waals surface area contributed by atoms with Gasteiger partial charge in [-0.3, -0.25) is 0 Å². The molecule has 0 saturated carbocycles. The Labute approximate surface area is 105 Å². The average Bonchev–Trinajstić information content (AvgIpc) is 2.81. The molecule has 0 spiro atoms.